The predicted molar refractivity (Wildman–Crippen MR) is 99.5 cm³/mol. The third kappa shape index (κ3) is 5.59. The highest BCUT2D eigenvalue weighted by atomic mass is 35.5. The van der Waals surface area contributed by atoms with Crippen LogP contribution in [0, 0.1) is 0 Å². The summed E-state index contributed by atoms with van der Waals surface area (Å²) in [5.41, 5.74) is -0.992. The topological polar surface area (TPSA) is 92.9 Å². The Kier molecular flexibility index (Phi) is 6.42. The Labute approximate surface area is 169 Å². The van der Waals surface area contributed by atoms with Gasteiger partial charge in [0.05, 0.1) is 29.1 Å². The Morgan fingerprint density at radius 2 is 2.18 bits per heavy atom. The molecule has 7 nitrogen and oxygen atoms in total. The standard InChI is InChI=1S/C15H11ClF3N5O2S2/c16-10-4-8(15(17,18)19)5-20-12(10)22-11(25)7-27-14-24-23-13(28-14)21-6-9-2-1-3-26-9/h1-5H,6-7H2,(H,21,23)(H,20,22,25). The van der Waals surface area contributed by atoms with Gasteiger partial charge in [-0.1, -0.05) is 34.7 Å². The number of nitrogens with one attached hydrogen (secondary N) is 2. The molecule has 28 heavy (non-hydrogen) atoms. The quantitative estimate of drug-likeness (QED) is 0.511. The summed E-state index contributed by atoms with van der Waals surface area (Å²) >= 11 is 8.13. The van der Waals surface area contributed by atoms with Gasteiger partial charge in [-0.15, -0.1) is 10.2 Å². The highest BCUT2D eigenvalue weighted by Crippen LogP contribution is 2.32. The van der Waals surface area contributed by atoms with Gasteiger partial charge in [0.2, 0.25) is 11.0 Å². The smallest absolute Gasteiger partial charge is 0.417 e. The minimum Gasteiger partial charge on any atom is -0.467 e. The number of hydrogen-bond acceptors (Lipinski definition) is 8. The maximum atomic E-state index is 12.6. The van der Waals surface area contributed by atoms with Crippen LogP contribution >= 0.6 is 34.7 Å². The molecule has 0 fully saturated rings. The Hall–Kier alpha value is -2.31. The molecule has 3 aromatic rings. The number of aromatic nitrogens is 3. The minimum absolute atomic E-state index is 0.0359. The van der Waals surface area contributed by atoms with Crippen LogP contribution in [0.1, 0.15) is 11.3 Å². The molecule has 3 aromatic heterocycles. The molecule has 3 rings (SSSR count). The van der Waals surface area contributed by atoms with Gasteiger partial charge in [0, 0.05) is 6.20 Å². The molecule has 0 radical (unpaired) electrons. The van der Waals surface area contributed by atoms with Crippen LogP contribution < -0.4 is 10.6 Å². The summed E-state index contributed by atoms with van der Waals surface area (Å²) in [6.07, 6.45) is -2.39. The summed E-state index contributed by atoms with van der Waals surface area (Å²) in [6.45, 7) is 0.449. The first kappa shape index (κ1) is 20.4. The van der Waals surface area contributed by atoms with Crippen LogP contribution in [0.4, 0.5) is 24.1 Å². The number of hydrogen-bond donors (Lipinski definition) is 2. The number of pyridine rings is 1. The zero-order chi connectivity index (χ0) is 20.1. The second-order valence-electron chi connectivity index (χ2n) is 5.20. The average Bonchev–Trinajstić information content (AvgIpc) is 3.30. The van der Waals surface area contributed by atoms with Crippen molar-refractivity contribution >= 4 is 51.6 Å². The number of amides is 1. The normalized spacial score (nSPS) is 11.4. The highest BCUT2D eigenvalue weighted by Gasteiger charge is 2.31. The van der Waals surface area contributed by atoms with E-state index in [1.165, 1.54) is 11.3 Å². The number of alkyl halides is 3. The van der Waals surface area contributed by atoms with Crippen LogP contribution in [0.15, 0.2) is 39.4 Å². The molecular weight excluding hydrogens is 439 g/mol. The first-order valence-electron chi connectivity index (χ1n) is 7.56. The summed E-state index contributed by atoms with van der Waals surface area (Å²) in [4.78, 5) is 15.5. The number of carbonyl (C=O) groups excluding carboxylic acids is 1. The van der Waals surface area contributed by atoms with E-state index in [-0.39, 0.29) is 16.6 Å². The fraction of sp³-hybridized carbons (Fsp3) is 0.200. The summed E-state index contributed by atoms with van der Waals surface area (Å²) in [7, 11) is 0. The van der Waals surface area contributed by atoms with E-state index >= 15 is 0 Å². The third-order valence-electron chi connectivity index (χ3n) is 3.15. The molecule has 3 heterocycles. The Morgan fingerprint density at radius 1 is 1.36 bits per heavy atom. The molecule has 0 aliphatic carbocycles. The molecule has 0 aliphatic rings. The molecule has 0 aliphatic heterocycles. The third-order valence-corrected chi connectivity index (χ3v) is 5.46. The van der Waals surface area contributed by atoms with Gasteiger partial charge in [0.15, 0.2) is 10.2 Å². The Morgan fingerprint density at radius 3 is 2.86 bits per heavy atom. The Balaban J connectivity index is 1.49. The van der Waals surface area contributed by atoms with Crippen LogP contribution in [0.25, 0.3) is 0 Å². The molecule has 13 heteroatoms. The zero-order valence-electron chi connectivity index (χ0n) is 13.8. The molecule has 0 atom stereocenters. The van der Waals surface area contributed by atoms with Gasteiger partial charge in [-0.25, -0.2) is 4.98 Å². The van der Waals surface area contributed by atoms with Crippen molar-refractivity contribution in [1.82, 2.24) is 15.2 Å². The number of anilines is 2. The van der Waals surface area contributed by atoms with Crippen LogP contribution in [-0.4, -0.2) is 26.8 Å². The van der Waals surface area contributed by atoms with E-state index in [1.807, 2.05) is 6.07 Å². The number of thioether (sulfide) groups is 1. The van der Waals surface area contributed by atoms with Crippen LogP contribution in [0.5, 0.6) is 0 Å². The number of nitrogens with zero attached hydrogens (tertiary/aromatic N) is 3. The molecule has 0 unspecified atom stereocenters. The first-order chi connectivity index (χ1) is 13.3. The maximum absolute atomic E-state index is 12.6. The lowest BCUT2D eigenvalue weighted by Crippen LogP contribution is -2.16. The molecule has 0 bridgehead atoms. The molecular formula is C15H11ClF3N5O2S2. The van der Waals surface area contributed by atoms with E-state index in [9.17, 15) is 18.0 Å². The van der Waals surface area contributed by atoms with E-state index in [0.717, 1.165) is 17.5 Å². The summed E-state index contributed by atoms with van der Waals surface area (Å²) in [6, 6.07) is 4.29. The second kappa shape index (κ2) is 8.80. The van der Waals surface area contributed by atoms with Crippen molar-refractivity contribution in [2.75, 3.05) is 16.4 Å². The summed E-state index contributed by atoms with van der Waals surface area (Å²) < 4.78 is 43.5. The van der Waals surface area contributed by atoms with Crippen molar-refractivity contribution in [3.8, 4) is 0 Å². The average molecular weight is 450 g/mol. The zero-order valence-corrected chi connectivity index (χ0v) is 16.2. The number of furan rings is 1. The van der Waals surface area contributed by atoms with Crippen LogP contribution in [0.2, 0.25) is 5.02 Å². The highest BCUT2D eigenvalue weighted by molar-refractivity contribution is 8.01. The minimum atomic E-state index is -4.56. The van der Waals surface area contributed by atoms with Crippen molar-refractivity contribution in [2.45, 2.75) is 17.1 Å². The lowest BCUT2D eigenvalue weighted by Gasteiger charge is -2.09. The molecule has 2 N–H and O–H groups in total. The number of halogens is 4. The van der Waals surface area contributed by atoms with E-state index in [1.54, 1.807) is 12.3 Å². The van der Waals surface area contributed by atoms with Crippen molar-refractivity contribution in [3.63, 3.8) is 0 Å². The lowest BCUT2D eigenvalue weighted by atomic mass is 10.3. The van der Waals surface area contributed by atoms with Crippen molar-refractivity contribution in [1.29, 1.82) is 0 Å². The number of carbonyl (C=O) groups is 1. The molecule has 148 valence electrons. The summed E-state index contributed by atoms with van der Waals surface area (Å²) in [5, 5.41) is 13.6. The predicted octanol–water partition coefficient (Wildman–Crippen LogP) is 4.54. The van der Waals surface area contributed by atoms with Crippen LogP contribution in [0.3, 0.4) is 0 Å². The molecule has 1 amide bonds. The molecule has 0 saturated carbocycles. The van der Waals surface area contributed by atoms with Gasteiger partial charge in [0.25, 0.3) is 0 Å². The largest absolute Gasteiger partial charge is 0.467 e. The second-order valence-corrected chi connectivity index (χ2v) is 7.80. The fourth-order valence-electron chi connectivity index (χ4n) is 1.90. The van der Waals surface area contributed by atoms with Gasteiger partial charge in [0.1, 0.15) is 5.76 Å². The van der Waals surface area contributed by atoms with Gasteiger partial charge in [-0.05, 0) is 18.2 Å². The van der Waals surface area contributed by atoms with Gasteiger partial charge in [-0.3, -0.25) is 4.79 Å². The van der Waals surface area contributed by atoms with E-state index in [2.05, 4.69) is 25.8 Å². The van der Waals surface area contributed by atoms with Gasteiger partial charge >= 0.3 is 6.18 Å². The van der Waals surface area contributed by atoms with Crippen molar-refractivity contribution < 1.29 is 22.4 Å². The molecule has 0 spiro atoms. The van der Waals surface area contributed by atoms with Gasteiger partial charge in [-0.2, -0.15) is 13.2 Å². The maximum Gasteiger partial charge on any atom is 0.417 e. The molecule has 0 saturated heterocycles. The van der Waals surface area contributed by atoms with E-state index in [0.29, 0.717) is 28.3 Å². The van der Waals surface area contributed by atoms with Gasteiger partial charge < -0.3 is 15.1 Å². The fourth-order valence-corrected chi connectivity index (χ4v) is 3.66. The van der Waals surface area contributed by atoms with E-state index in [4.69, 9.17) is 16.0 Å². The number of rotatable bonds is 7. The van der Waals surface area contributed by atoms with Crippen LogP contribution in [-0.2, 0) is 17.5 Å². The van der Waals surface area contributed by atoms with Crippen molar-refractivity contribution in [3.05, 3.63) is 47.0 Å². The Bertz CT molecular complexity index is 950. The van der Waals surface area contributed by atoms with Crippen molar-refractivity contribution in [2.24, 2.45) is 0 Å². The molecule has 0 aromatic carbocycles. The monoisotopic (exact) mass is 449 g/mol. The first-order valence-corrected chi connectivity index (χ1v) is 9.74. The SMILES string of the molecule is O=C(CSc1nnc(NCc2ccco2)s1)Nc1ncc(C(F)(F)F)cc1Cl. The lowest BCUT2D eigenvalue weighted by molar-refractivity contribution is -0.137. The summed E-state index contributed by atoms with van der Waals surface area (Å²) in [5.74, 6) is 0.0776. The van der Waals surface area contributed by atoms with E-state index < -0.39 is 17.6 Å².